The maximum Gasteiger partial charge on any atom is 0.229 e. The average molecular weight is 759 g/mol. The van der Waals surface area contributed by atoms with Crippen molar-refractivity contribution in [1.29, 1.82) is 0 Å². The van der Waals surface area contributed by atoms with Gasteiger partial charge in [0.25, 0.3) is 0 Å². The maximum atomic E-state index is 11.0. The third kappa shape index (κ3) is 7.70. The lowest BCUT2D eigenvalue weighted by atomic mass is 9.98. The van der Waals surface area contributed by atoms with Gasteiger partial charge in [-0.1, -0.05) is 6.07 Å². The van der Waals surface area contributed by atoms with E-state index >= 15 is 0 Å². The number of ether oxygens (including phenoxy) is 7. The molecule has 2 aromatic carbocycles. The normalized spacial score (nSPS) is 40.1. The smallest absolute Gasteiger partial charge is 0.229 e. The predicted octanol–water partition coefficient (Wildman–Crippen LogP) is -3.87. The molecule has 16 unspecified atom stereocenters. The first kappa shape index (κ1) is 39.1. The first-order valence-corrected chi connectivity index (χ1v) is 16.5. The van der Waals surface area contributed by atoms with Crippen LogP contribution < -0.4 is 9.47 Å². The third-order valence-corrected chi connectivity index (χ3v) is 9.44. The van der Waals surface area contributed by atoms with E-state index in [0.29, 0.717) is 0 Å². The van der Waals surface area contributed by atoms with Crippen molar-refractivity contribution in [3.8, 4) is 28.7 Å². The Kier molecular flexibility index (Phi) is 11.5. The van der Waals surface area contributed by atoms with Crippen molar-refractivity contribution < 1.29 is 99.5 Å². The van der Waals surface area contributed by atoms with Crippen LogP contribution in [0.2, 0.25) is 0 Å². The summed E-state index contributed by atoms with van der Waals surface area (Å²) in [7, 11) is 0. The van der Waals surface area contributed by atoms with Crippen LogP contribution in [0.25, 0.3) is 6.08 Å². The van der Waals surface area contributed by atoms with Gasteiger partial charge in [0.2, 0.25) is 12.6 Å². The number of phenols is 3. The minimum absolute atomic E-state index is 0.0236. The molecule has 4 heterocycles. The van der Waals surface area contributed by atoms with Crippen LogP contribution in [0.5, 0.6) is 28.7 Å². The second-order valence-corrected chi connectivity index (χ2v) is 13.1. The molecule has 53 heavy (non-hydrogen) atoms. The van der Waals surface area contributed by atoms with Gasteiger partial charge in [-0.15, -0.1) is 0 Å². The molecule has 13 N–H and O–H groups in total. The monoisotopic (exact) mass is 758 g/mol. The van der Waals surface area contributed by atoms with Crippen LogP contribution in [-0.2, 0) is 23.7 Å². The first-order chi connectivity index (χ1) is 25.1. The van der Waals surface area contributed by atoms with E-state index in [1.165, 1.54) is 25.1 Å². The molecular formula is C33H42O20. The molecule has 16 atom stereocenters. The topological polar surface area (TPSA) is 328 Å². The highest BCUT2D eigenvalue weighted by Gasteiger charge is 2.49. The van der Waals surface area contributed by atoms with Crippen molar-refractivity contribution in [2.75, 3.05) is 13.2 Å². The number of hydrogen-bond donors (Lipinski definition) is 13. The van der Waals surface area contributed by atoms with Crippen molar-refractivity contribution in [3.05, 3.63) is 47.2 Å². The standard InChI is InChI=1S/C33H42O20/c1-10-21(38)24(41)27(44)31(48-10)47-9-20-23(40)26(43)29(46)33(53-20)51-18-7-13-15(36)5-12(49-32-28(45)25(42)22(39)19(8-34)52-32)6-17(13)50-30(18)11-2-3-14(35)16(37)4-11/h2-7,10,19-46H,8-9H2,1H3. The van der Waals surface area contributed by atoms with Gasteiger partial charge in [0.1, 0.15) is 90.2 Å². The Morgan fingerprint density at radius 1 is 0.604 bits per heavy atom. The third-order valence-electron chi connectivity index (χ3n) is 9.44. The second-order valence-electron chi connectivity index (χ2n) is 13.1. The van der Waals surface area contributed by atoms with Crippen LogP contribution >= 0.6 is 0 Å². The lowest BCUT2D eigenvalue weighted by Crippen LogP contribution is -2.61. The zero-order valence-corrected chi connectivity index (χ0v) is 27.8. The molecule has 20 heteroatoms. The number of rotatable bonds is 9. The fraction of sp³-hybridized carbons (Fsp3) is 0.576. The van der Waals surface area contributed by atoms with Gasteiger partial charge in [0.15, 0.2) is 23.9 Å². The number of benzene rings is 2. The lowest BCUT2D eigenvalue weighted by molar-refractivity contribution is -0.324. The predicted molar refractivity (Wildman–Crippen MR) is 170 cm³/mol. The van der Waals surface area contributed by atoms with E-state index in [4.69, 9.17) is 33.2 Å². The van der Waals surface area contributed by atoms with Crippen LogP contribution in [-0.4, -0.2) is 172 Å². The van der Waals surface area contributed by atoms with Crippen molar-refractivity contribution in [2.24, 2.45) is 0 Å². The van der Waals surface area contributed by atoms with Crippen LogP contribution in [0.15, 0.2) is 36.1 Å². The fourth-order valence-corrected chi connectivity index (χ4v) is 6.26. The second kappa shape index (κ2) is 15.6. The molecule has 4 aliphatic rings. The summed E-state index contributed by atoms with van der Waals surface area (Å²) in [5.41, 5.74) is 0.130. The van der Waals surface area contributed by atoms with Gasteiger partial charge in [0, 0.05) is 17.7 Å². The van der Waals surface area contributed by atoms with Gasteiger partial charge < -0.3 is 99.5 Å². The van der Waals surface area contributed by atoms with E-state index in [1.807, 2.05) is 0 Å². The highest BCUT2D eigenvalue weighted by atomic mass is 16.7. The molecule has 0 radical (unpaired) electrons. The highest BCUT2D eigenvalue weighted by molar-refractivity contribution is 5.70. The summed E-state index contributed by atoms with van der Waals surface area (Å²) in [4.78, 5) is 0. The zero-order valence-electron chi connectivity index (χ0n) is 27.8. The van der Waals surface area contributed by atoms with E-state index < -0.39 is 129 Å². The molecule has 20 nitrogen and oxygen atoms in total. The van der Waals surface area contributed by atoms with Gasteiger partial charge in [-0.05, 0) is 25.1 Å². The van der Waals surface area contributed by atoms with Gasteiger partial charge in [-0.25, -0.2) is 0 Å². The van der Waals surface area contributed by atoms with Crippen LogP contribution in [0.3, 0.4) is 0 Å². The molecule has 6 rings (SSSR count). The number of phenolic OH excluding ortho intramolecular Hbond substituents is 3. The Morgan fingerprint density at radius 2 is 1.21 bits per heavy atom. The number of hydrogen-bond acceptors (Lipinski definition) is 20. The van der Waals surface area contributed by atoms with E-state index in [0.717, 1.165) is 18.2 Å². The quantitative estimate of drug-likeness (QED) is 0.109. The Morgan fingerprint density at radius 3 is 1.87 bits per heavy atom. The molecule has 0 spiro atoms. The molecule has 4 aliphatic heterocycles. The summed E-state index contributed by atoms with van der Waals surface area (Å²) in [6, 6.07) is 5.98. The Balaban J connectivity index is 1.26. The van der Waals surface area contributed by atoms with E-state index in [1.54, 1.807) is 0 Å². The first-order valence-electron chi connectivity index (χ1n) is 16.5. The highest BCUT2D eigenvalue weighted by Crippen LogP contribution is 2.46. The largest absolute Gasteiger partial charge is 0.507 e. The number of fused-ring (bicyclic) bond motifs is 1. The van der Waals surface area contributed by atoms with Crippen molar-refractivity contribution in [3.63, 3.8) is 0 Å². The fourth-order valence-electron chi connectivity index (χ4n) is 6.26. The summed E-state index contributed by atoms with van der Waals surface area (Å²) < 4.78 is 39.8. The lowest BCUT2D eigenvalue weighted by Gasteiger charge is -2.43. The Bertz CT molecular complexity index is 1620. The summed E-state index contributed by atoms with van der Waals surface area (Å²) >= 11 is 0. The molecule has 0 amide bonds. The van der Waals surface area contributed by atoms with Crippen molar-refractivity contribution in [2.45, 2.75) is 105 Å². The Hall–Kier alpha value is -3.58. The molecule has 2 aromatic rings. The average Bonchev–Trinajstić information content (AvgIpc) is 3.13. The molecule has 0 aromatic heterocycles. The summed E-state index contributed by atoms with van der Waals surface area (Å²) in [5.74, 6) is -1.94. The van der Waals surface area contributed by atoms with Crippen molar-refractivity contribution >= 4 is 6.08 Å². The molecule has 3 saturated heterocycles. The van der Waals surface area contributed by atoms with E-state index in [2.05, 4.69) is 0 Å². The number of aromatic hydroxyl groups is 3. The molecule has 294 valence electrons. The number of aliphatic hydroxyl groups is 10. The summed E-state index contributed by atoms with van der Waals surface area (Å²) in [6.07, 6.45) is -24.0. The molecule has 0 aliphatic carbocycles. The molecule has 0 bridgehead atoms. The minimum atomic E-state index is -1.89. The van der Waals surface area contributed by atoms with E-state index in [-0.39, 0.29) is 28.4 Å². The SMILES string of the molecule is CC1OC(OCC2OC(OC3=Cc4c(O)cc(OC5OC(CO)C(O)C(O)C5O)cc4OC3c3ccc(O)c(O)c3)C(O)C(O)C2O)C(O)C(O)C1O. The van der Waals surface area contributed by atoms with Crippen LogP contribution in [0.4, 0.5) is 0 Å². The van der Waals surface area contributed by atoms with Gasteiger partial charge >= 0.3 is 0 Å². The zero-order chi connectivity index (χ0) is 38.5. The maximum absolute atomic E-state index is 11.0. The van der Waals surface area contributed by atoms with Gasteiger partial charge in [-0.3, -0.25) is 0 Å². The van der Waals surface area contributed by atoms with Crippen LogP contribution in [0, 0.1) is 0 Å². The Labute approximate surface area is 300 Å². The van der Waals surface area contributed by atoms with E-state index in [9.17, 15) is 66.4 Å². The van der Waals surface area contributed by atoms with Gasteiger partial charge in [0.05, 0.1) is 24.9 Å². The summed E-state index contributed by atoms with van der Waals surface area (Å²) in [6.45, 7) is 0.141. The van der Waals surface area contributed by atoms with Gasteiger partial charge in [-0.2, -0.15) is 0 Å². The minimum Gasteiger partial charge on any atom is -0.507 e. The number of aliphatic hydroxyl groups excluding tert-OH is 10. The molecule has 0 saturated carbocycles. The summed E-state index contributed by atoms with van der Waals surface area (Å²) in [5, 5.41) is 134. The van der Waals surface area contributed by atoms with Crippen molar-refractivity contribution in [1.82, 2.24) is 0 Å². The molecular weight excluding hydrogens is 716 g/mol. The van der Waals surface area contributed by atoms with Crippen LogP contribution in [0.1, 0.15) is 24.2 Å². The molecule has 3 fully saturated rings.